The van der Waals surface area contributed by atoms with Crippen molar-refractivity contribution in [2.45, 2.75) is 11.8 Å². The predicted molar refractivity (Wildman–Crippen MR) is 85.4 cm³/mol. The van der Waals surface area contributed by atoms with Crippen LogP contribution in [0.1, 0.15) is 15.9 Å². The third kappa shape index (κ3) is 3.35. The molecule has 5 nitrogen and oxygen atoms in total. The largest absolute Gasteiger partial charge is 0.478 e. The SMILES string of the molecule is Cc1ccc(C(=O)O)cc1NS(=O)(=O)c1cccc(Cl)c1Cl. The van der Waals surface area contributed by atoms with Gasteiger partial charge in [0.05, 0.1) is 21.3 Å². The Kier molecular flexibility index (Phi) is 4.65. The van der Waals surface area contributed by atoms with E-state index in [0.29, 0.717) is 5.56 Å². The number of anilines is 1. The highest BCUT2D eigenvalue weighted by atomic mass is 35.5. The number of sulfonamides is 1. The summed E-state index contributed by atoms with van der Waals surface area (Å²) in [6.45, 7) is 1.66. The maximum atomic E-state index is 12.4. The number of nitrogens with one attached hydrogen (secondary N) is 1. The quantitative estimate of drug-likeness (QED) is 0.869. The van der Waals surface area contributed by atoms with Gasteiger partial charge in [-0.1, -0.05) is 35.3 Å². The number of hydrogen-bond acceptors (Lipinski definition) is 3. The highest BCUT2D eigenvalue weighted by Crippen LogP contribution is 2.30. The third-order valence-electron chi connectivity index (χ3n) is 2.93. The number of carboxylic acids is 1. The molecule has 0 heterocycles. The van der Waals surface area contributed by atoms with Crippen LogP contribution in [0.5, 0.6) is 0 Å². The Morgan fingerprint density at radius 2 is 1.86 bits per heavy atom. The summed E-state index contributed by atoms with van der Waals surface area (Å²) in [5.41, 5.74) is 0.711. The summed E-state index contributed by atoms with van der Waals surface area (Å²) in [4.78, 5) is 10.8. The molecular formula is C14H11Cl2NO4S. The van der Waals surface area contributed by atoms with Gasteiger partial charge in [-0.25, -0.2) is 13.2 Å². The van der Waals surface area contributed by atoms with Gasteiger partial charge in [-0.3, -0.25) is 4.72 Å². The minimum Gasteiger partial charge on any atom is -0.478 e. The van der Waals surface area contributed by atoms with Crippen molar-refractivity contribution in [2.24, 2.45) is 0 Å². The lowest BCUT2D eigenvalue weighted by molar-refractivity contribution is 0.0697. The van der Waals surface area contributed by atoms with Crippen LogP contribution >= 0.6 is 23.2 Å². The summed E-state index contributed by atoms with van der Waals surface area (Å²) >= 11 is 11.7. The van der Waals surface area contributed by atoms with Gasteiger partial charge in [0, 0.05) is 0 Å². The Balaban J connectivity index is 2.47. The third-order valence-corrected chi connectivity index (χ3v) is 5.27. The molecule has 0 amide bonds. The van der Waals surface area contributed by atoms with Gasteiger partial charge in [-0.15, -0.1) is 0 Å². The molecule has 0 atom stereocenters. The average molecular weight is 360 g/mol. The van der Waals surface area contributed by atoms with Crippen molar-refractivity contribution in [2.75, 3.05) is 4.72 Å². The first-order valence-corrected chi connectivity index (χ1v) is 8.27. The van der Waals surface area contributed by atoms with E-state index in [1.165, 1.54) is 36.4 Å². The van der Waals surface area contributed by atoms with Crippen LogP contribution in [0.3, 0.4) is 0 Å². The van der Waals surface area contributed by atoms with Gasteiger partial charge >= 0.3 is 5.97 Å². The molecular weight excluding hydrogens is 349 g/mol. The van der Waals surface area contributed by atoms with E-state index in [0.717, 1.165) is 0 Å². The lowest BCUT2D eigenvalue weighted by Gasteiger charge is -2.12. The normalized spacial score (nSPS) is 11.2. The molecule has 0 aromatic heterocycles. The highest BCUT2D eigenvalue weighted by Gasteiger charge is 2.20. The predicted octanol–water partition coefficient (Wildman–Crippen LogP) is 3.80. The summed E-state index contributed by atoms with van der Waals surface area (Å²) in [5.74, 6) is -1.15. The smallest absolute Gasteiger partial charge is 0.335 e. The van der Waals surface area contributed by atoms with Gasteiger partial charge in [0.2, 0.25) is 0 Å². The molecule has 8 heteroatoms. The lowest BCUT2D eigenvalue weighted by atomic mass is 10.1. The monoisotopic (exact) mass is 359 g/mol. The van der Waals surface area contributed by atoms with Gasteiger partial charge in [-0.05, 0) is 36.8 Å². The maximum Gasteiger partial charge on any atom is 0.335 e. The molecule has 0 fully saturated rings. The zero-order chi connectivity index (χ0) is 16.5. The molecule has 0 aliphatic heterocycles. The summed E-state index contributed by atoms with van der Waals surface area (Å²) in [6, 6.07) is 8.39. The van der Waals surface area contributed by atoms with Crippen molar-refractivity contribution in [3.63, 3.8) is 0 Å². The van der Waals surface area contributed by atoms with Crippen molar-refractivity contribution in [1.29, 1.82) is 0 Å². The van der Waals surface area contributed by atoms with Crippen LogP contribution in [-0.2, 0) is 10.0 Å². The number of aromatic carboxylic acids is 1. The Bertz CT molecular complexity index is 850. The van der Waals surface area contributed by atoms with Crippen LogP contribution in [0.25, 0.3) is 0 Å². The number of hydrogen-bond donors (Lipinski definition) is 2. The average Bonchev–Trinajstić information content (AvgIpc) is 2.43. The van der Waals surface area contributed by atoms with Crippen LogP contribution in [0.15, 0.2) is 41.3 Å². The Morgan fingerprint density at radius 1 is 1.18 bits per heavy atom. The van der Waals surface area contributed by atoms with Crippen molar-refractivity contribution in [3.8, 4) is 0 Å². The van der Waals surface area contributed by atoms with Gasteiger partial charge in [0.1, 0.15) is 4.90 Å². The first-order chi connectivity index (χ1) is 10.2. The molecule has 0 spiro atoms. The molecule has 2 aromatic carbocycles. The van der Waals surface area contributed by atoms with E-state index in [1.54, 1.807) is 6.92 Å². The van der Waals surface area contributed by atoms with Crippen molar-refractivity contribution < 1.29 is 18.3 Å². The summed E-state index contributed by atoms with van der Waals surface area (Å²) < 4.78 is 27.1. The maximum absolute atomic E-state index is 12.4. The fourth-order valence-electron chi connectivity index (χ4n) is 1.76. The summed E-state index contributed by atoms with van der Waals surface area (Å²) in [7, 11) is -3.99. The van der Waals surface area contributed by atoms with E-state index in [9.17, 15) is 13.2 Å². The number of rotatable bonds is 4. The van der Waals surface area contributed by atoms with Gasteiger partial charge < -0.3 is 5.11 Å². The molecule has 0 unspecified atom stereocenters. The van der Waals surface area contributed by atoms with E-state index in [-0.39, 0.29) is 26.2 Å². The molecule has 2 N–H and O–H groups in total. The molecule has 0 aliphatic rings. The molecule has 0 saturated carbocycles. The highest BCUT2D eigenvalue weighted by molar-refractivity contribution is 7.92. The van der Waals surface area contributed by atoms with Gasteiger partial charge in [-0.2, -0.15) is 0 Å². The molecule has 2 rings (SSSR count). The number of carboxylic acid groups (broad SMARTS) is 1. The molecule has 116 valence electrons. The van der Waals surface area contributed by atoms with E-state index >= 15 is 0 Å². The molecule has 0 aliphatic carbocycles. The van der Waals surface area contributed by atoms with E-state index in [1.807, 2.05) is 0 Å². The Hall–Kier alpha value is -1.76. The fourth-order valence-corrected chi connectivity index (χ4v) is 3.64. The van der Waals surface area contributed by atoms with Crippen LogP contribution in [0.4, 0.5) is 5.69 Å². The minimum absolute atomic E-state index is 0.0273. The van der Waals surface area contributed by atoms with Crippen LogP contribution in [-0.4, -0.2) is 19.5 Å². The number of halogens is 2. The summed E-state index contributed by atoms with van der Waals surface area (Å²) in [6.07, 6.45) is 0. The molecule has 0 saturated heterocycles. The second-order valence-electron chi connectivity index (χ2n) is 4.49. The molecule has 0 radical (unpaired) electrons. The Morgan fingerprint density at radius 3 is 2.50 bits per heavy atom. The zero-order valence-corrected chi connectivity index (χ0v) is 13.6. The second kappa shape index (κ2) is 6.16. The number of benzene rings is 2. The van der Waals surface area contributed by atoms with Crippen molar-refractivity contribution >= 4 is 44.9 Å². The fraction of sp³-hybridized carbons (Fsp3) is 0.0714. The molecule has 2 aromatic rings. The number of carbonyl (C=O) groups is 1. The lowest BCUT2D eigenvalue weighted by Crippen LogP contribution is -2.15. The standard InChI is InChI=1S/C14H11Cl2NO4S/c1-8-5-6-9(14(18)19)7-11(8)17-22(20,21)12-4-2-3-10(15)13(12)16/h2-7,17H,1H3,(H,18,19). The van der Waals surface area contributed by atoms with E-state index in [2.05, 4.69) is 4.72 Å². The Labute approximate surface area is 137 Å². The van der Waals surface area contributed by atoms with E-state index < -0.39 is 16.0 Å². The summed E-state index contributed by atoms with van der Waals surface area (Å²) in [5, 5.41) is 9.00. The van der Waals surface area contributed by atoms with Gasteiger partial charge in [0.25, 0.3) is 10.0 Å². The first kappa shape index (κ1) is 16.6. The van der Waals surface area contributed by atoms with E-state index in [4.69, 9.17) is 28.3 Å². The topological polar surface area (TPSA) is 83.5 Å². The van der Waals surface area contributed by atoms with Crippen LogP contribution in [0, 0.1) is 6.92 Å². The molecule has 22 heavy (non-hydrogen) atoms. The first-order valence-electron chi connectivity index (χ1n) is 6.03. The second-order valence-corrected chi connectivity index (χ2v) is 6.93. The van der Waals surface area contributed by atoms with Crippen molar-refractivity contribution in [1.82, 2.24) is 0 Å². The van der Waals surface area contributed by atoms with Gasteiger partial charge in [0.15, 0.2) is 0 Å². The molecule has 0 bridgehead atoms. The van der Waals surface area contributed by atoms with Crippen molar-refractivity contribution in [3.05, 3.63) is 57.6 Å². The zero-order valence-electron chi connectivity index (χ0n) is 11.3. The minimum atomic E-state index is -3.99. The van der Waals surface area contributed by atoms with Crippen LogP contribution in [0.2, 0.25) is 10.0 Å². The van der Waals surface area contributed by atoms with Crippen LogP contribution < -0.4 is 4.72 Å². The number of aryl methyl sites for hydroxylation is 1.